The Morgan fingerprint density at radius 1 is 1.43 bits per heavy atom. The lowest BCUT2D eigenvalue weighted by molar-refractivity contribution is -0.140. The number of carbonyl (C=O) groups is 2. The van der Waals surface area contributed by atoms with E-state index in [4.69, 9.17) is 4.74 Å². The molecule has 0 spiro atoms. The summed E-state index contributed by atoms with van der Waals surface area (Å²) < 4.78 is 7.14. The van der Waals surface area contributed by atoms with Gasteiger partial charge in [-0.2, -0.15) is 0 Å². The molecule has 1 amide bonds. The first kappa shape index (κ1) is 16.8. The van der Waals surface area contributed by atoms with Crippen molar-refractivity contribution in [2.24, 2.45) is 5.92 Å². The number of hydrogen-bond donors (Lipinski definition) is 2. The highest BCUT2D eigenvalue weighted by atomic mass is 16.5. The molecule has 0 bridgehead atoms. The maximum Gasteiger partial charge on any atom is 0.326 e. The fourth-order valence-electron chi connectivity index (χ4n) is 2.42. The van der Waals surface area contributed by atoms with Gasteiger partial charge in [-0.25, -0.2) is 9.78 Å². The molecular weight excluding hydrogens is 298 g/mol. The molecule has 2 aromatic rings. The number of carbonyl (C=O) groups excluding carboxylic acids is 1. The number of amides is 1. The maximum atomic E-state index is 12.6. The van der Waals surface area contributed by atoms with Crippen molar-refractivity contribution in [3.63, 3.8) is 0 Å². The van der Waals surface area contributed by atoms with Gasteiger partial charge < -0.3 is 15.2 Å². The van der Waals surface area contributed by atoms with Crippen molar-refractivity contribution in [1.82, 2.24) is 14.7 Å². The number of aromatic nitrogens is 2. The lowest BCUT2D eigenvalue weighted by Gasteiger charge is -2.18. The van der Waals surface area contributed by atoms with E-state index in [1.165, 1.54) is 0 Å². The van der Waals surface area contributed by atoms with Crippen molar-refractivity contribution < 1.29 is 19.4 Å². The number of carboxylic acids is 1. The quantitative estimate of drug-likeness (QED) is 0.848. The Hall–Kier alpha value is -2.57. The van der Waals surface area contributed by atoms with Gasteiger partial charge in [0.05, 0.1) is 12.3 Å². The number of ether oxygens (including phenoxy) is 1. The normalized spacial score (nSPS) is 12.4. The Morgan fingerprint density at radius 3 is 2.70 bits per heavy atom. The molecule has 2 aromatic heterocycles. The van der Waals surface area contributed by atoms with Crippen LogP contribution in [0.25, 0.3) is 5.65 Å². The minimum Gasteiger partial charge on any atom is -0.490 e. The van der Waals surface area contributed by atoms with E-state index in [2.05, 4.69) is 10.3 Å². The van der Waals surface area contributed by atoms with E-state index in [1.54, 1.807) is 43.5 Å². The highest BCUT2D eigenvalue weighted by Gasteiger charge is 2.27. The Morgan fingerprint density at radius 2 is 2.13 bits per heavy atom. The summed E-state index contributed by atoms with van der Waals surface area (Å²) in [7, 11) is 0. The van der Waals surface area contributed by atoms with Crippen molar-refractivity contribution in [3.05, 3.63) is 29.7 Å². The summed E-state index contributed by atoms with van der Waals surface area (Å²) in [6, 6.07) is 2.58. The van der Waals surface area contributed by atoms with E-state index < -0.39 is 17.9 Å². The number of aliphatic carboxylic acids is 1. The Balaban J connectivity index is 2.43. The smallest absolute Gasteiger partial charge is 0.326 e. The number of rotatable bonds is 6. The molecule has 7 heteroatoms. The Bertz CT molecular complexity index is 736. The van der Waals surface area contributed by atoms with E-state index in [0.29, 0.717) is 29.4 Å². The summed E-state index contributed by atoms with van der Waals surface area (Å²) in [4.78, 5) is 28.2. The van der Waals surface area contributed by atoms with E-state index in [-0.39, 0.29) is 5.92 Å². The van der Waals surface area contributed by atoms with Gasteiger partial charge in [-0.3, -0.25) is 9.20 Å². The van der Waals surface area contributed by atoms with Gasteiger partial charge in [-0.1, -0.05) is 13.8 Å². The standard InChI is InChI=1S/C16H21N3O4/c1-5-23-11-7-6-8-19-13(10(4)17-14(11)19)15(20)18-12(9(2)3)16(21)22/h6-9,12H,5H2,1-4H3,(H,18,20)(H,21,22). The van der Waals surface area contributed by atoms with Crippen LogP contribution in [0.4, 0.5) is 0 Å². The monoisotopic (exact) mass is 319 g/mol. The minimum absolute atomic E-state index is 0.227. The first-order valence-corrected chi connectivity index (χ1v) is 7.51. The third-order valence-corrected chi connectivity index (χ3v) is 3.52. The first-order chi connectivity index (χ1) is 10.9. The van der Waals surface area contributed by atoms with Gasteiger partial charge >= 0.3 is 5.97 Å². The van der Waals surface area contributed by atoms with Crippen LogP contribution in [0.15, 0.2) is 18.3 Å². The topological polar surface area (TPSA) is 92.9 Å². The average Bonchev–Trinajstić information content (AvgIpc) is 2.81. The van der Waals surface area contributed by atoms with Gasteiger partial charge in [0.1, 0.15) is 11.7 Å². The van der Waals surface area contributed by atoms with Gasteiger partial charge in [0.25, 0.3) is 5.91 Å². The molecule has 0 fully saturated rings. The summed E-state index contributed by atoms with van der Waals surface area (Å²) in [5.41, 5.74) is 1.37. The predicted molar refractivity (Wildman–Crippen MR) is 84.8 cm³/mol. The number of nitrogens with one attached hydrogen (secondary N) is 1. The molecule has 2 rings (SSSR count). The first-order valence-electron chi connectivity index (χ1n) is 7.51. The fraction of sp³-hybridized carbons (Fsp3) is 0.438. The largest absolute Gasteiger partial charge is 0.490 e. The molecule has 2 heterocycles. The number of hydrogen-bond acceptors (Lipinski definition) is 4. The van der Waals surface area contributed by atoms with Gasteiger partial charge in [0.15, 0.2) is 11.4 Å². The zero-order chi connectivity index (χ0) is 17.1. The van der Waals surface area contributed by atoms with E-state index in [0.717, 1.165) is 0 Å². The third kappa shape index (κ3) is 3.28. The lowest BCUT2D eigenvalue weighted by atomic mass is 10.0. The molecule has 0 aromatic carbocycles. The molecule has 1 unspecified atom stereocenters. The number of carboxylic acid groups (broad SMARTS) is 1. The Kier molecular flexibility index (Phi) is 4.88. The van der Waals surface area contributed by atoms with Crippen molar-refractivity contribution in [2.75, 3.05) is 6.61 Å². The highest BCUT2D eigenvalue weighted by molar-refractivity contribution is 5.97. The zero-order valence-corrected chi connectivity index (χ0v) is 13.7. The number of nitrogens with zero attached hydrogens (tertiary/aromatic N) is 2. The van der Waals surface area contributed by atoms with Crippen molar-refractivity contribution in [2.45, 2.75) is 33.7 Å². The molecule has 1 atom stereocenters. The molecule has 0 aliphatic heterocycles. The molecular formula is C16H21N3O4. The van der Waals surface area contributed by atoms with Crippen LogP contribution >= 0.6 is 0 Å². The lowest BCUT2D eigenvalue weighted by Crippen LogP contribution is -2.44. The number of pyridine rings is 1. The predicted octanol–water partition coefficient (Wildman–Crippen LogP) is 1.88. The SMILES string of the molecule is CCOc1cccn2c(C(=O)NC(C(=O)O)C(C)C)c(C)nc12. The molecule has 0 saturated heterocycles. The van der Waals surface area contributed by atoms with Crippen molar-refractivity contribution >= 4 is 17.5 Å². The van der Waals surface area contributed by atoms with Crippen LogP contribution < -0.4 is 10.1 Å². The maximum absolute atomic E-state index is 12.6. The van der Waals surface area contributed by atoms with Crippen LogP contribution in [-0.2, 0) is 4.79 Å². The Labute approximate surface area is 134 Å². The van der Waals surface area contributed by atoms with Crippen molar-refractivity contribution in [3.8, 4) is 5.75 Å². The van der Waals surface area contributed by atoms with Crippen LogP contribution in [0.1, 0.15) is 37.0 Å². The molecule has 0 aliphatic carbocycles. The second kappa shape index (κ2) is 6.68. The van der Waals surface area contributed by atoms with Crippen LogP contribution in [-0.4, -0.2) is 39.0 Å². The van der Waals surface area contributed by atoms with Gasteiger partial charge in [0.2, 0.25) is 0 Å². The van der Waals surface area contributed by atoms with Crippen LogP contribution in [0, 0.1) is 12.8 Å². The summed E-state index contributed by atoms with van der Waals surface area (Å²) >= 11 is 0. The molecule has 0 radical (unpaired) electrons. The van der Waals surface area contributed by atoms with Crippen LogP contribution in [0.5, 0.6) is 5.75 Å². The van der Waals surface area contributed by atoms with Gasteiger partial charge in [-0.15, -0.1) is 0 Å². The molecule has 7 nitrogen and oxygen atoms in total. The average molecular weight is 319 g/mol. The zero-order valence-electron chi connectivity index (χ0n) is 13.7. The fourth-order valence-corrected chi connectivity index (χ4v) is 2.42. The van der Waals surface area contributed by atoms with E-state index in [1.807, 2.05) is 6.92 Å². The van der Waals surface area contributed by atoms with E-state index >= 15 is 0 Å². The second-order valence-electron chi connectivity index (χ2n) is 5.58. The molecule has 0 saturated carbocycles. The van der Waals surface area contributed by atoms with Crippen LogP contribution in [0.2, 0.25) is 0 Å². The molecule has 0 aliphatic rings. The van der Waals surface area contributed by atoms with Crippen molar-refractivity contribution in [1.29, 1.82) is 0 Å². The van der Waals surface area contributed by atoms with E-state index in [9.17, 15) is 14.7 Å². The third-order valence-electron chi connectivity index (χ3n) is 3.52. The molecule has 2 N–H and O–H groups in total. The summed E-state index contributed by atoms with van der Waals surface area (Å²) in [5.74, 6) is -1.18. The number of fused-ring (bicyclic) bond motifs is 1. The van der Waals surface area contributed by atoms with Crippen LogP contribution in [0.3, 0.4) is 0 Å². The number of aryl methyl sites for hydroxylation is 1. The summed E-state index contributed by atoms with van der Waals surface area (Å²) in [6.07, 6.45) is 1.71. The number of imidazole rings is 1. The van der Waals surface area contributed by atoms with Gasteiger partial charge in [0, 0.05) is 6.20 Å². The minimum atomic E-state index is -1.06. The second-order valence-corrected chi connectivity index (χ2v) is 5.58. The highest BCUT2D eigenvalue weighted by Crippen LogP contribution is 2.22. The molecule has 124 valence electrons. The molecule has 23 heavy (non-hydrogen) atoms. The summed E-state index contributed by atoms with van der Waals surface area (Å²) in [6.45, 7) is 7.55. The van der Waals surface area contributed by atoms with Gasteiger partial charge in [-0.05, 0) is 31.9 Å². The summed E-state index contributed by atoms with van der Waals surface area (Å²) in [5, 5.41) is 11.8.